The molecule has 0 unspecified atom stereocenters. The molecule has 1 aromatic heterocycles. The summed E-state index contributed by atoms with van der Waals surface area (Å²) in [6.07, 6.45) is 7.43. The van der Waals surface area contributed by atoms with E-state index in [0.717, 1.165) is 33.5 Å². The van der Waals surface area contributed by atoms with Gasteiger partial charge in [-0.05, 0) is 37.6 Å². The molecule has 28 heavy (non-hydrogen) atoms. The van der Waals surface area contributed by atoms with Crippen molar-refractivity contribution in [3.05, 3.63) is 65.4 Å². The van der Waals surface area contributed by atoms with Gasteiger partial charge in [-0.2, -0.15) is 5.10 Å². The minimum Gasteiger partial charge on any atom is -0.494 e. The normalized spacial score (nSPS) is 10.9. The van der Waals surface area contributed by atoms with Gasteiger partial charge in [0.2, 0.25) is 5.91 Å². The van der Waals surface area contributed by atoms with Crippen molar-refractivity contribution < 1.29 is 9.53 Å². The van der Waals surface area contributed by atoms with Crippen LogP contribution >= 0.6 is 0 Å². The van der Waals surface area contributed by atoms with Gasteiger partial charge >= 0.3 is 0 Å². The Bertz CT molecular complexity index is 1040. The number of rotatable bonds is 7. The van der Waals surface area contributed by atoms with Gasteiger partial charge in [-0.3, -0.25) is 4.79 Å². The number of amides is 1. The molecular weight excluding hydrogens is 350 g/mol. The molecule has 1 amide bonds. The third kappa shape index (κ3) is 4.24. The first-order valence-corrected chi connectivity index (χ1v) is 9.19. The number of nitrogens with one attached hydrogen (secondary N) is 1. The monoisotopic (exact) mass is 373 g/mol. The molecule has 0 aliphatic rings. The Morgan fingerprint density at radius 3 is 2.71 bits per heavy atom. The number of benzene rings is 2. The zero-order chi connectivity index (χ0) is 19.9. The fraction of sp³-hybridized carbons (Fsp3) is 0.217. The second-order valence-corrected chi connectivity index (χ2v) is 6.35. The number of hydrazone groups is 1. The minimum atomic E-state index is -0.176. The fourth-order valence-electron chi connectivity index (χ4n) is 3.18. The highest BCUT2D eigenvalue weighted by atomic mass is 16.5. The van der Waals surface area contributed by atoms with Crippen molar-refractivity contribution in [3.8, 4) is 18.1 Å². The Kier molecular flexibility index (Phi) is 6.13. The second kappa shape index (κ2) is 8.92. The number of fused-ring (bicyclic) bond motifs is 1. The molecule has 0 radical (unpaired) electrons. The lowest BCUT2D eigenvalue weighted by Crippen LogP contribution is -2.19. The highest BCUT2D eigenvalue weighted by molar-refractivity contribution is 6.01. The zero-order valence-corrected chi connectivity index (χ0v) is 16.1. The zero-order valence-electron chi connectivity index (χ0n) is 16.1. The number of ether oxygens (including phenoxy) is 1. The summed E-state index contributed by atoms with van der Waals surface area (Å²) in [6, 6.07) is 15.5. The lowest BCUT2D eigenvalue weighted by molar-refractivity contribution is -0.120. The summed E-state index contributed by atoms with van der Waals surface area (Å²) < 4.78 is 7.47. The Morgan fingerprint density at radius 2 is 2.00 bits per heavy atom. The maximum Gasteiger partial charge on any atom is 0.244 e. The number of aromatic nitrogens is 1. The van der Waals surface area contributed by atoms with Gasteiger partial charge in [0.05, 0.1) is 25.8 Å². The van der Waals surface area contributed by atoms with Crippen LogP contribution in [0.4, 0.5) is 0 Å². The predicted molar refractivity (Wildman–Crippen MR) is 113 cm³/mol. The van der Waals surface area contributed by atoms with Crippen LogP contribution in [0, 0.1) is 19.3 Å². The second-order valence-electron chi connectivity index (χ2n) is 6.35. The largest absolute Gasteiger partial charge is 0.494 e. The van der Waals surface area contributed by atoms with Crippen molar-refractivity contribution >= 4 is 23.0 Å². The summed E-state index contributed by atoms with van der Waals surface area (Å²) in [5, 5.41) is 5.21. The Balaban J connectivity index is 1.70. The molecule has 1 heterocycles. The number of carbonyl (C=O) groups is 1. The molecule has 5 heteroatoms. The molecule has 0 atom stereocenters. The number of carbonyl (C=O) groups excluding carboxylic acids is 1. The summed E-state index contributed by atoms with van der Waals surface area (Å²) in [5.41, 5.74) is 6.53. The standard InChI is InChI=1S/C23H23N3O2/c1-4-14-26-17(3)21(20-8-6-7-9-22(20)26)16-24-25-23(27)15-18-10-12-19(13-11-18)28-5-2/h1,6-13,16H,5,14-15H2,2-3H3,(H,25,27)/b24-16-. The molecule has 1 N–H and O–H groups in total. The smallest absolute Gasteiger partial charge is 0.244 e. The number of nitrogens with zero attached hydrogens (tertiary/aromatic N) is 2. The van der Waals surface area contributed by atoms with Crippen LogP contribution in [-0.4, -0.2) is 23.3 Å². The van der Waals surface area contributed by atoms with E-state index in [2.05, 4.69) is 21.0 Å². The number of hydrogen-bond donors (Lipinski definition) is 1. The summed E-state index contributed by atoms with van der Waals surface area (Å²) in [4.78, 5) is 12.2. The number of para-hydroxylation sites is 1. The van der Waals surface area contributed by atoms with Crippen molar-refractivity contribution in [2.45, 2.75) is 26.8 Å². The van der Waals surface area contributed by atoms with Crippen molar-refractivity contribution in [3.63, 3.8) is 0 Å². The van der Waals surface area contributed by atoms with Crippen LogP contribution in [0.15, 0.2) is 53.6 Å². The van der Waals surface area contributed by atoms with E-state index in [0.29, 0.717) is 13.2 Å². The van der Waals surface area contributed by atoms with Gasteiger partial charge in [0.15, 0.2) is 0 Å². The predicted octanol–water partition coefficient (Wildman–Crippen LogP) is 3.67. The maximum atomic E-state index is 12.2. The lowest BCUT2D eigenvalue weighted by atomic mass is 10.1. The van der Waals surface area contributed by atoms with E-state index in [4.69, 9.17) is 11.2 Å². The van der Waals surface area contributed by atoms with E-state index < -0.39 is 0 Å². The molecule has 3 rings (SSSR count). The van der Waals surface area contributed by atoms with E-state index in [9.17, 15) is 4.79 Å². The topological polar surface area (TPSA) is 55.6 Å². The van der Waals surface area contributed by atoms with Gasteiger partial charge in [-0.1, -0.05) is 36.3 Å². The van der Waals surface area contributed by atoms with Crippen LogP contribution in [0.3, 0.4) is 0 Å². The van der Waals surface area contributed by atoms with Gasteiger partial charge in [0.1, 0.15) is 5.75 Å². The van der Waals surface area contributed by atoms with Gasteiger partial charge in [0, 0.05) is 22.2 Å². The van der Waals surface area contributed by atoms with Gasteiger partial charge in [-0.25, -0.2) is 5.43 Å². The molecular formula is C23H23N3O2. The summed E-state index contributed by atoms with van der Waals surface area (Å²) in [6.45, 7) is 5.04. The third-order valence-electron chi connectivity index (χ3n) is 4.51. The highest BCUT2D eigenvalue weighted by Crippen LogP contribution is 2.24. The van der Waals surface area contributed by atoms with Crippen molar-refractivity contribution in [1.29, 1.82) is 0 Å². The van der Waals surface area contributed by atoms with Crippen LogP contribution in [0.1, 0.15) is 23.7 Å². The van der Waals surface area contributed by atoms with E-state index in [-0.39, 0.29) is 12.3 Å². The fourth-order valence-corrected chi connectivity index (χ4v) is 3.18. The van der Waals surface area contributed by atoms with E-state index in [1.165, 1.54) is 0 Å². The Morgan fingerprint density at radius 1 is 1.25 bits per heavy atom. The molecule has 2 aromatic carbocycles. The van der Waals surface area contributed by atoms with Gasteiger partial charge in [-0.15, -0.1) is 6.42 Å². The van der Waals surface area contributed by atoms with Gasteiger partial charge < -0.3 is 9.30 Å². The Hall–Kier alpha value is -3.52. The van der Waals surface area contributed by atoms with Crippen molar-refractivity contribution in [2.75, 3.05) is 6.61 Å². The first-order valence-electron chi connectivity index (χ1n) is 9.19. The molecule has 142 valence electrons. The van der Waals surface area contributed by atoms with Crippen molar-refractivity contribution in [1.82, 2.24) is 9.99 Å². The third-order valence-corrected chi connectivity index (χ3v) is 4.51. The van der Waals surface area contributed by atoms with Crippen LogP contribution in [-0.2, 0) is 17.8 Å². The molecule has 0 saturated heterocycles. The maximum absolute atomic E-state index is 12.2. The number of hydrogen-bond acceptors (Lipinski definition) is 3. The van der Waals surface area contributed by atoms with Crippen LogP contribution in [0.2, 0.25) is 0 Å². The Labute approximate surface area is 165 Å². The minimum absolute atomic E-state index is 0.176. The summed E-state index contributed by atoms with van der Waals surface area (Å²) in [7, 11) is 0. The molecule has 0 spiro atoms. The van der Waals surface area contributed by atoms with E-state index >= 15 is 0 Å². The van der Waals surface area contributed by atoms with Crippen LogP contribution in [0.5, 0.6) is 5.75 Å². The lowest BCUT2D eigenvalue weighted by Gasteiger charge is -2.04. The molecule has 0 saturated carbocycles. The first kappa shape index (κ1) is 19.2. The average Bonchev–Trinajstić information content (AvgIpc) is 2.96. The summed E-state index contributed by atoms with van der Waals surface area (Å²) >= 11 is 0. The van der Waals surface area contributed by atoms with Crippen molar-refractivity contribution in [2.24, 2.45) is 5.10 Å². The molecule has 0 aliphatic heterocycles. The first-order chi connectivity index (χ1) is 13.6. The quantitative estimate of drug-likeness (QED) is 0.390. The number of terminal acetylenes is 1. The average molecular weight is 373 g/mol. The molecule has 0 bridgehead atoms. The van der Waals surface area contributed by atoms with E-state index in [1.54, 1.807) is 6.21 Å². The summed E-state index contributed by atoms with van der Waals surface area (Å²) in [5.74, 6) is 3.30. The molecule has 0 fully saturated rings. The highest BCUT2D eigenvalue weighted by Gasteiger charge is 2.11. The molecule has 0 aliphatic carbocycles. The van der Waals surface area contributed by atoms with Crippen LogP contribution in [0.25, 0.3) is 10.9 Å². The van der Waals surface area contributed by atoms with Crippen LogP contribution < -0.4 is 10.2 Å². The molecule has 3 aromatic rings. The van der Waals surface area contributed by atoms with E-state index in [1.807, 2.05) is 62.4 Å². The van der Waals surface area contributed by atoms with Gasteiger partial charge in [0.25, 0.3) is 0 Å². The SMILES string of the molecule is C#CCn1c(C)c(/C=N\NC(=O)Cc2ccc(OCC)cc2)c2ccccc21. The molecule has 5 nitrogen and oxygen atoms in total.